The SMILES string of the molecule is CCn1nc(C)c(Br)c1CNC1(C)CCOC1C. The van der Waals surface area contributed by atoms with Crippen molar-refractivity contribution in [1.82, 2.24) is 15.1 Å². The van der Waals surface area contributed by atoms with Crippen LogP contribution >= 0.6 is 15.9 Å². The molecule has 1 fully saturated rings. The maximum absolute atomic E-state index is 5.65. The molecule has 1 aliphatic rings. The third-order valence-corrected chi connectivity index (χ3v) is 5.03. The van der Waals surface area contributed by atoms with Crippen LogP contribution in [-0.2, 0) is 17.8 Å². The van der Waals surface area contributed by atoms with E-state index < -0.39 is 0 Å². The maximum Gasteiger partial charge on any atom is 0.0739 e. The lowest BCUT2D eigenvalue weighted by atomic mass is 9.94. The first-order chi connectivity index (χ1) is 8.48. The number of nitrogens with zero attached hydrogens (tertiary/aromatic N) is 2. The summed E-state index contributed by atoms with van der Waals surface area (Å²) in [4.78, 5) is 0. The van der Waals surface area contributed by atoms with E-state index in [0.29, 0.717) is 0 Å². The predicted octanol–water partition coefficient (Wildman–Crippen LogP) is 2.63. The summed E-state index contributed by atoms with van der Waals surface area (Å²) in [5, 5.41) is 8.15. The van der Waals surface area contributed by atoms with Gasteiger partial charge in [0.15, 0.2) is 0 Å². The Morgan fingerprint density at radius 2 is 2.33 bits per heavy atom. The van der Waals surface area contributed by atoms with E-state index in [9.17, 15) is 0 Å². The van der Waals surface area contributed by atoms with Crippen LogP contribution in [-0.4, -0.2) is 28.0 Å². The molecular formula is C13H22BrN3O. The Balaban J connectivity index is 2.10. The number of halogens is 1. The molecule has 0 radical (unpaired) electrons. The number of rotatable bonds is 4. The molecule has 1 aromatic heterocycles. The number of hydrogen-bond donors (Lipinski definition) is 1. The molecule has 4 nitrogen and oxygen atoms in total. The zero-order chi connectivity index (χ0) is 13.3. The highest BCUT2D eigenvalue weighted by Gasteiger charge is 2.36. The molecule has 2 atom stereocenters. The molecule has 18 heavy (non-hydrogen) atoms. The largest absolute Gasteiger partial charge is 0.377 e. The van der Waals surface area contributed by atoms with Crippen LogP contribution in [0.25, 0.3) is 0 Å². The van der Waals surface area contributed by atoms with Crippen LogP contribution in [0.5, 0.6) is 0 Å². The van der Waals surface area contributed by atoms with Crippen LogP contribution in [0.3, 0.4) is 0 Å². The summed E-state index contributed by atoms with van der Waals surface area (Å²) in [6.45, 7) is 11.1. The minimum absolute atomic E-state index is 0.0657. The maximum atomic E-state index is 5.65. The molecule has 2 rings (SSSR count). The van der Waals surface area contributed by atoms with Crippen LogP contribution in [0.1, 0.15) is 38.6 Å². The van der Waals surface area contributed by atoms with Gasteiger partial charge in [0.25, 0.3) is 0 Å². The third kappa shape index (κ3) is 2.49. The molecule has 0 aromatic carbocycles. The predicted molar refractivity (Wildman–Crippen MR) is 75.6 cm³/mol. The zero-order valence-corrected chi connectivity index (χ0v) is 13.2. The van der Waals surface area contributed by atoms with Crippen LogP contribution < -0.4 is 5.32 Å². The molecule has 0 spiro atoms. The summed E-state index contributed by atoms with van der Waals surface area (Å²) in [5.41, 5.74) is 2.33. The van der Waals surface area contributed by atoms with Crippen molar-refractivity contribution in [3.63, 3.8) is 0 Å². The summed E-state index contributed by atoms with van der Waals surface area (Å²) in [6, 6.07) is 0. The van der Waals surface area contributed by atoms with Crippen molar-refractivity contribution < 1.29 is 4.74 Å². The fraction of sp³-hybridized carbons (Fsp3) is 0.769. The van der Waals surface area contributed by atoms with E-state index in [0.717, 1.165) is 36.3 Å². The summed E-state index contributed by atoms with van der Waals surface area (Å²) < 4.78 is 8.82. The second-order valence-corrected chi connectivity index (χ2v) is 5.99. The van der Waals surface area contributed by atoms with Crippen LogP contribution in [0, 0.1) is 6.92 Å². The molecule has 2 heterocycles. The molecule has 1 saturated heterocycles. The number of aromatic nitrogens is 2. The van der Waals surface area contributed by atoms with Crippen molar-refractivity contribution in [3.8, 4) is 0 Å². The Kier molecular flexibility index (Phi) is 4.14. The first-order valence-corrected chi connectivity index (χ1v) is 7.35. The Morgan fingerprint density at radius 1 is 1.61 bits per heavy atom. The summed E-state index contributed by atoms with van der Waals surface area (Å²) in [5.74, 6) is 0. The van der Waals surface area contributed by atoms with Gasteiger partial charge in [-0.1, -0.05) is 0 Å². The first kappa shape index (κ1) is 14.0. The van der Waals surface area contributed by atoms with Crippen molar-refractivity contribution in [2.75, 3.05) is 6.61 Å². The lowest BCUT2D eigenvalue weighted by Crippen LogP contribution is -2.47. The minimum atomic E-state index is 0.0657. The standard InChI is InChI=1S/C13H22BrN3O/c1-5-17-11(12(14)9(2)16-17)8-15-13(4)6-7-18-10(13)3/h10,15H,5-8H2,1-4H3. The molecule has 1 aliphatic heterocycles. The second kappa shape index (κ2) is 5.31. The molecule has 102 valence electrons. The van der Waals surface area contributed by atoms with Gasteiger partial charge in [0, 0.05) is 25.2 Å². The monoisotopic (exact) mass is 315 g/mol. The molecule has 0 bridgehead atoms. The Hall–Kier alpha value is -0.390. The van der Waals surface area contributed by atoms with Crippen LogP contribution in [0.15, 0.2) is 4.47 Å². The smallest absolute Gasteiger partial charge is 0.0739 e. The van der Waals surface area contributed by atoms with Gasteiger partial charge in [0.05, 0.1) is 22.0 Å². The normalized spacial score (nSPS) is 27.9. The fourth-order valence-electron chi connectivity index (χ4n) is 2.39. The number of hydrogen-bond acceptors (Lipinski definition) is 3. The van der Waals surface area contributed by atoms with Crippen LogP contribution in [0.2, 0.25) is 0 Å². The summed E-state index contributed by atoms with van der Waals surface area (Å²) in [7, 11) is 0. The Bertz CT molecular complexity index is 432. The van der Waals surface area contributed by atoms with Crippen molar-refractivity contribution in [2.24, 2.45) is 0 Å². The fourth-order valence-corrected chi connectivity index (χ4v) is 2.81. The average Bonchev–Trinajstić information content (AvgIpc) is 2.80. The number of ether oxygens (including phenoxy) is 1. The number of aryl methyl sites for hydroxylation is 2. The highest BCUT2D eigenvalue weighted by Crippen LogP contribution is 2.27. The molecular weight excluding hydrogens is 294 g/mol. The summed E-state index contributed by atoms with van der Waals surface area (Å²) in [6.07, 6.45) is 1.32. The van der Waals surface area contributed by atoms with Gasteiger partial charge < -0.3 is 10.1 Å². The molecule has 0 aliphatic carbocycles. The van der Waals surface area contributed by atoms with E-state index in [4.69, 9.17) is 4.74 Å². The third-order valence-electron chi connectivity index (χ3n) is 4.00. The van der Waals surface area contributed by atoms with Gasteiger partial charge in [-0.15, -0.1) is 0 Å². The lowest BCUT2D eigenvalue weighted by molar-refractivity contribution is 0.0878. The quantitative estimate of drug-likeness (QED) is 0.928. The van der Waals surface area contributed by atoms with Crippen molar-refractivity contribution in [2.45, 2.75) is 58.8 Å². The Labute approximate surface area is 117 Å². The van der Waals surface area contributed by atoms with Gasteiger partial charge in [-0.2, -0.15) is 5.10 Å². The average molecular weight is 316 g/mol. The van der Waals surface area contributed by atoms with Gasteiger partial charge in [-0.3, -0.25) is 4.68 Å². The van der Waals surface area contributed by atoms with E-state index in [1.807, 2.05) is 6.92 Å². The second-order valence-electron chi connectivity index (χ2n) is 5.20. The van der Waals surface area contributed by atoms with Crippen molar-refractivity contribution in [3.05, 3.63) is 15.9 Å². The van der Waals surface area contributed by atoms with Gasteiger partial charge in [-0.05, 0) is 50.0 Å². The first-order valence-electron chi connectivity index (χ1n) is 6.56. The van der Waals surface area contributed by atoms with Gasteiger partial charge in [0.2, 0.25) is 0 Å². The molecule has 1 N–H and O–H groups in total. The van der Waals surface area contributed by atoms with Crippen LogP contribution in [0.4, 0.5) is 0 Å². The molecule has 0 saturated carbocycles. The summed E-state index contributed by atoms with van der Waals surface area (Å²) >= 11 is 3.63. The highest BCUT2D eigenvalue weighted by atomic mass is 79.9. The van der Waals surface area contributed by atoms with Crippen molar-refractivity contribution in [1.29, 1.82) is 0 Å². The van der Waals surface area contributed by atoms with Gasteiger partial charge in [0.1, 0.15) is 0 Å². The molecule has 1 aromatic rings. The Morgan fingerprint density at radius 3 is 2.89 bits per heavy atom. The molecule has 5 heteroatoms. The zero-order valence-electron chi connectivity index (χ0n) is 11.6. The van der Waals surface area contributed by atoms with Gasteiger partial charge in [-0.25, -0.2) is 0 Å². The lowest BCUT2D eigenvalue weighted by Gasteiger charge is -2.29. The van der Waals surface area contributed by atoms with E-state index >= 15 is 0 Å². The minimum Gasteiger partial charge on any atom is -0.377 e. The van der Waals surface area contributed by atoms with E-state index in [2.05, 4.69) is 51.8 Å². The highest BCUT2D eigenvalue weighted by molar-refractivity contribution is 9.10. The van der Waals surface area contributed by atoms with E-state index in [-0.39, 0.29) is 11.6 Å². The number of nitrogens with one attached hydrogen (secondary N) is 1. The topological polar surface area (TPSA) is 39.1 Å². The molecule has 0 amide bonds. The van der Waals surface area contributed by atoms with E-state index in [1.54, 1.807) is 0 Å². The van der Waals surface area contributed by atoms with Gasteiger partial charge >= 0.3 is 0 Å². The molecule has 2 unspecified atom stereocenters. The van der Waals surface area contributed by atoms with Crippen molar-refractivity contribution >= 4 is 15.9 Å². The van der Waals surface area contributed by atoms with E-state index in [1.165, 1.54) is 5.69 Å².